The van der Waals surface area contributed by atoms with Crippen molar-refractivity contribution < 1.29 is 18.8 Å². The molecule has 5 rings (SSSR count). The summed E-state index contributed by atoms with van der Waals surface area (Å²) in [6.45, 7) is 5.39. The van der Waals surface area contributed by atoms with E-state index in [1.54, 1.807) is 11.0 Å². The first-order valence-electron chi connectivity index (χ1n) is 11.4. The molecule has 1 N–H and O–H groups in total. The second kappa shape index (κ2) is 8.31. The Kier molecular flexibility index (Phi) is 5.52. The van der Waals surface area contributed by atoms with Crippen molar-refractivity contribution in [3.63, 3.8) is 0 Å². The van der Waals surface area contributed by atoms with Crippen molar-refractivity contribution in [2.45, 2.75) is 57.1 Å². The zero-order valence-corrected chi connectivity index (χ0v) is 17.8. The Labute approximate surface area is 180 Å². The number of fused-ring (bicyclic) bond motifs is 2. The molecule has 7 nitrogen and oxygen atoms in total. The second-order valence-electron chi connectivity index (χ2n) is 9.10. The highest BCUT2D eigenvalue weighted by molar-refractivity contribution is 6.03. The number of likely N-dealkylation sites (tertiary alicyclic amines) is 1. The maximum atomic E-state index is 13.4. The summed E-state index contributed by atoms with van der Waals surface area (Å²) in [6, 6.07) is 4.51. The highest BCUT2D eigenvalue weighted by atomic mass is 19.1. The van der Waals surface area contributed by atoms with Crippen LogP contribution in [0.3, 0.4) is 0 Å². The molecular formula is C23H29FN4O3. The molecule has 4 heterocycles. The van der Waals surface area contributed by atoms with Crippen molar-refractivity contribution in [1.29, 1.82) is 0 Å². The van der Waals surface area contributed by atoms with Gasteiger partial charge in [0.05, 0.1) is 17.7 Å². The first kappa shape index (κ1) is 20.6. The number of amidine groups is 1. The molecule has 2 fully saturated rings. The van der Waals surface area contributed by atoms with Crippen LogP contribution in [0.5, 0.6) is 0 Å². The topological polar surface area (TPSA) is 82.2 Å². The number of aromatic nitrogens is 1. The number of amides is 1. The third-order valence-corrected chi connectivity index (χ3v) is 7.13. The van der Waals surface area contributed by atoms with Crippen molar-refractivity contribution in [3.8, 4) is 0 Å². The molecule has 0 bridgehead atoms. The number of nitrogens with zero attached hydrogens (tertiary/aromatic N) is 4. The van der Waals surface area contributed by atoms with E-state index in [2.05, 4.69) is 15.0 Å². The number of rotatable bonds is 4. The number of hydrogen-bond acceptors (Lipinski definition) is 6. The molecule has 1 aromatic heterocycles. The molecule has 0 saturated carbocycles. The van der Waals surface area contributed by atoms with Crippen LogP contribution >= 0.6 is 0 Å². The van der Waals surface area contributed by atoms with Gasteiger partial charge in [-0.05, 0) is 70.8 Å². The van der Waals surface area contributed by atoms with E-state index in [1.807, 2.05) is 6.92 Å². The van der Waals surface area contributed by atoms with Crippen LogP contribution in [0.2, 0.25) is 0 Å². The van der Waals surface area contributed by atoms with Gasteiger partial charge in [0.15, 0.2) is 5.58 Å². The van der Waals surface area contributed by atoms with Crippen molar-refractivity contribution in [1.82, 2.24) is 15.0 Å². The highest BCUT2D eigenvalue weighted by Gasteiger charge is 2.40. The van der Waals surface area contributed by atoms with E-state index >= 15 is 0 Å². The summed E-state index contributed by atoms with van der Waals surface area (Å²) in [5.74, 6) is 0.557. The van der Waals surface area contributed by atoms with Gasteiger partial charge < -0.3 is 14.5 Å². The molecule has 1 aromatic carbocycles. The van der Waals surface area contributed by atoms with Gasteiger partial charge in [0.25, 0.3) is 0 Å². The standard InChI is InChI=1S/C23H29FN4O3/c1-14-17(23(30)28-9-2-3-19(29)22(28)25-14)8-12-27-10-6-15(7-11-27)21-18-5-4-16(24)13-20(18)31-26-21/h4-5,13-15,17,19,29H,2-3,6-12H2,1H3. The number of benzene rings is 1. The Morgan fingerprint density at radius 3 is 2.84 bits per heavy atom. The largest absolute Gasteiger partial charge is 0.385 e. The number of piperidine rings is 2. The van der Waals surface area contributed by atoms with E-state index < -0.39 is 6.10 Å². The van der Waals surface area contributed by atoms with E-state index in [0.717, 1.165) is 56.4 Å². The minimum absolute atomic E-state index is 0.0917. The Balaban J connectivity index is 1.18. The van der Waals surface area contributed by atoms with Gasteiger partial charge in [-0.3, -0.25) is 14.7 Å². The first-order valence-corrected chi connectivity index (χ1v) is 11.4. The summed E-state index contributed by atoms with van der Waals surface area (Å²) < 4.78 is 18.7. The van der Waals surface area contributed by atoms with Crippen LogP contribution in [0.4, 0.5) is 4.39 Å². The summed E-state index contributed by atoms with van der Waals surface area (Å²) in [5, 5.41) is 15.3. The molecule has 3 aliphatic heterocycles. The number of hydrogen-bond donors (Lipinski definition) is 1. The first-order chi connectivity index (χ1) is 15.0. The van der Waals surface area contributed by atoms with Crippen molar-refractivity contribution in [2.24, 2.45) is 10.9 Å². The quantitative estimate of drug-likeness (QED) is 0.810. The Hall–Kier alpha value is -2.32. The molecule has 8 heteroatoms. The van der Waals surface area contributed by atoms with Gasteiger partial charge in [-0.15, -0.1) is 0 Å². The summed E-state index contributed by atoms with van der Waals surface area (Å²) >= 11 is 0. The molecule has 166 valence electrons. The van der Waals surface area contributed by atoms with Crippen LogP contribution < -0.4 is 0 Å². The highest BCUT2D eigenvalue weighted by Crippen LogP contribution is 2.33. The molecule has 31 heavy (non-hydrogen) atoms. The third-order valence-electron chi connectivity index (χ3n) is 7.13. The lowest BCUT2D eigenvalue weighted by molar-refractivity contribution is -0.134. The van der Waals surface area contributed by atoms with Gasteiger partial charge in [0.2, 0.25) is 5.91 Å². The zero-order valence-electron chi connectivity index (χ0n) is 17.8. The average molecular weight is 429 g/mol. The number of aliphatic imine (C=N–C) groups is 1. The zero-order chi connectivity index (χ0) is 21.5. The van der Waals surface area contributed by atoms with E-state index in [1.165, 1.54) is 12.1 Å². The van der Waals surface area contributed by atoms with Gasteiger partial charge in [0, 0.05) is 23.9 Å². The van der Waals surface area contributed by atoms with E-state index in [9.17, 15) is 14.3 Å². The van der Waals surface area contributed by atoms with Gasteiger partial charge >= 0.3 is 0 Å². The summed E-state index contributed by atoms with van der Waals surface area (Å²) in [7, 11) is 0. The maximum Gasteiger partial charge on any atom is 0.233 e. The monoisotopic (exact) mass is 428 g/mol. The minimum Gasteiger partial charge on any atom is -0.385 e. The van der Waals surface area contributed by atoms with Crippen molar-refractivity contribution in [2.75, 3.05) is 26.2 Å². The van der Waals surface area contributed by atoms with E-state index in [-0.39, 0.29) is 23.7 Å². The van der Waals surface area contributed by atoms with Gasteiger partial charge in [-0.1, -0.05) is 5.16 Å². The molecular weight excluding hydrogens is 399 g/mol. The number of carbonyl (C=O) groups is 1. The number of carbonyl (C=O) groups excluding carboxylic acids is 1. The fourth-order valence-corrected chi connectivity index (χ4v) is 5.29. The number of aliphatic hydroxyl groups is 1. The van der Waals surface area contributed by atoms with Crippen LogP contribution in [-0.4, -0.2) is 70.1 Å². The Bertz CT molecular complexity index is 998. The van der Waals surface area contributed by atoms with Gasteiger partial charge in [0.1, 0.15) is 17.8 Å². The molecule has 2 aromatic rings. The molecule has 3 aliphatic rings. The lowest BCUT2D eigenvalue weighted by Gasteiger charge is -2.40. The molecule has 2 saturated heterocycles. The SMILES string of the molecule is CC1N=C2C(O)CCCN2C(=O)C1CCN1CCC(c2noc3cc(F)ccc23)CC1. The predicted octanol–water partition coefficient (Wildman–Crippen LogP) is 2.94. The third kappa shape index (κ3) is 3.87. The molecule has 0 radical (unpaired) electrons. The minimum atomic E-state index is -0.607. The van der Waals surface area contributed by atoms with Crippen LogP contribution in [0, 0.1) is 11.7 Å². The normalized spacial score (nSPS) is 28.1. The Morgan fingerprint density at radius 2 is 2.03 bits per heavy atom. The number of aliphatic hydroxyl groups excluding tert-OH is 1. The Morgan fingerprint density at radius 1 is 1.23 bits per heavy atom. The van der Waals surface area contributed by atoms with Crippen molar-refractivity contribution in [3.05, 3.63) is 29.7 Å². The average Bonchev–Trinajstić information content (AvgIpc) is 3.18. The molecule has 0 spiro atoms. The maximum absolute atomic E-state index is 13.4. The lowest BCUT2D eigenvalue weighted by Crippen LogP contribution is -2.55. The smallest absolute Gasteiger partial charge is 0.233 e. The van der Waals surface area contributed by atoms with Gasteiger partial charge in [-0.2, -0.15) is 0 Å². The fraction of sp³-hybridized carbons (Fsp3) is 0.609. The van der Waals surface area contributed by atoms with Crippen LogP contribution in [-0.2, 0) is 4.79 Å². The summed E-state index contributed by atoms with van der Waals surface area (Å²) in [4.78, 5) is 21.8. The molecule has 0 aliphatic carbocycles. The summed E-state index contributed by atoms with van der Waals surface area (Å²) in [6.07, 6.45) is 3.61. The van der Waals surface area contributed by atoms with E-state index in [0.29, 0.717) is 30.3 Å². The van der Waals surface area contributed by atoms with Gasteiger partial charge in [-0.25, -0.2) is 4.39 Å². The second-order valence-corrected chi connectivity index (χ2v) is 9.10. The van der Waals surface area contributed by atoms with Crippen LogP contribution in [0.15, 0.2) is 27.7 Å². The molecule has 1 amide bonds. The summed E-state index contributed by atoms with van der Waals surface area (Å²) in [5.41, 5.74) is 1.43. The van der Waals surface area contributed by atoms with Crippen LogP contribution in [0.25, 0.3) is 11.0 Å². The molecule has 3 unspecified atom stereocenters. The molecule has 3 atom stereocenters. The fourth-order valence-electron chi connectivity index (χ4n) is 5.29. The lowest BCUT2D eigenvalue weighted by atomic mass is 9.89. The van der Waals surface area contributed by atoms with Crippen molar-refractivity contribution >= 4 is 22.7 Å². The van der Waals surface area contributed by atoms with Crippen LogP contribution in [0.1, 0.15) is 50.6 Å². The number of halogens is 1. The van der Waals surface area contributed by atoms with E-state index in [4.69, 9.17) is 4.52 Å². The predicted molar refractivity (Wildman–Crippen MR) is 114 cm³/mol.